The summed E-state index contributed by atoms with van der Waals surface area (Å²) in [6.45, 7) is 0. The number of fused-ring (bicyclic) bond motifs is 1. The van der Waals surface area contributed by atoms with E-state index in [0.29, 0.717) is 0 Å². The molecule has 3 rings (SSSR count). The first-order valence-corrected chi connectivity index (χ1v) is 9.68. The van der Waals surface area contributed by atoms with Gasteiger partial charge in [0.05, 0.1) is 12.0 Å². The van der Waals surface area contributed by atoms with Crippen molar-refractivity contribution < 1.29 is 30.6 Å². The van der Waals surface area contributed by atoms with Crippen molar-refractivity contribution in [2.75, 3.05) is 0 Å². The van der Waals surface area contributed by atoms with E-state index in [4.69, 9.17) is 0 Å². The van der Waals surface area contributed by atoms with Crippen LogP contribution in [0.2, 0.25) is 0 Å². The van der Waals surface area contributed by atoms with Crippen LogP contribution in [0.25, 0.3) is 0 Å². The average molecular weight is 389 g/mol. The Morgan fingerprint density at radius 2 is 1.88 bits per heavy atom. The monoisotopic (exact) mass is 389 g/mol. The van der Waals surface area contributed by atoms with Gasteiger partial charge in [-0.2, -0.15) is 21.6 Å². The van der Waals surface area contributed by atoms with Crippen molar-refractivity contribution in [3.63, 3.8) is 0 Å². The highest BCUT2D eigenvalue weighted by atomic mass is 32.2. The topological polar surface area (TPSA) is 72.5 Å². The molecule has 0 fully saturated rings. The van der Waals surface area contributed by atoms with Crippen LogP contribution in [0.1, 0.15) is 42.9 Å². The molecule has 0 spiro atoms. The Balaban J connectivity index is 1.66. The van der Waals surface area contributed by atoms with Crippen molar-refractivity contribution >= 4 is 16.0 Å². The van der Waals surface area contributed by atoms with Gasteiger partial charge in [-0.15, -0.1) is 0 Å². The third-order valence-corrected chi connectivity index (χ3v) is 5.61. The van der Waals surface area contributed by atoms with E-state index in [2.05, 4.69) is 9.50 Å². The first-order valence-electron chi connectivity index (χ1n) is 8.27. The van der Waals surface area contributed by atoms with E-state index in [1.54, 1.807) is 0 Å². The maximum atomic E-state index is 12.4. The summed E-state index contributed by atoms with van der Waals surface area (Å²) in [6.07, 6.45) is 4.00. The zero-order valence-electron chi connectivity index (χ0n) is 13.8. The van der Waals surface area contributed by atoms with Crippen LogP contribution in [-0.2, 0) is 25.5 Å². The van der Waals surface area contributed by atoms with Gasteiger partial charge in [0.25, 0.3) is 0 Å². The van der Waals surface area contributed by atoms with Gasteiger partial charge in [-0.25, -0.2) is 0 Å². The van der Waals surface area contributed by atoms with Crippen LogP contribution in [0.15, 0.2) is 36.1 Å². The number of alkyl halides is 3. The van der Waals surface area contributed by atoms with Gasteiger partial charge in [0.15, 0.2) is 0 Å². The van der Waals surface area contributed by atoms with Crippen molar-refractivity contribution in [1.82, 2.24) is 5.32 Å². The van der Waals surface area contributed by atoms with Crippen LogP contribution in [0.4, 0.5) is 13.2 Å². The lowest BCUT2D eigenvalue weighted by atomic mass is 9.87. The molecule has 2 aliphatic carbocycles. The standard InChI is InChI=1S/C17H18F3NO4S/c18-17(19,20)26(23,24)25-13-9-8-12(10-13)16(22)21-15-7-3-5-11-4-1-2-6-14(11)15/h1-2,4,6,10,12,15H,3,5,7-9H2,(H,21,22)/t12?,15-/m1/s1. The highest BCUT2D eigenvalue weighted by Gasteiger charge is 2.49. The number of allylic oxidation sites excluding steroid dienone is 1. The Kier molecular flexibility index (Phi) is 5.01. The van der Waals surface area contributed by atoms with Gasteiger partial charge in [-0.1, -0.05) is 24.3 Å². The Morgan fingerprint density at radius 1 is 1.15 bits per heavy atom. The molecule has 142 valence electrons. The second-order valence-corrected chi connectivity index (χ2v) is 7.95. The minimum absolute atomic E-state index is 0.0331. The smallest absolute Gasteiger partial charge is 0.381 e. The fourth-order valence-corrected chi connectivity index (χ4v) is 3.85. The SMILES string of the molecule is O=C(N[C@@H]1CCCc2ccccc21)C1C=C(OS(=O)(=O)C(F)(F)F)CC1. The highest BCUT2D eigenvalue weighted by molar-refractivity contribution is 7.87. The van der Waals surface area contributed by atoms with Crippen molar-refractivity contribution in [3.8, 4) is 0 Å². The predicted octanol–water partition coefficient (Wildman–Crippen LogP) is 3.34. The number of carbonyl (C=O) groups is 1. The summed E-state index contributed by atoms with van der Waals surface area (Å²) in [5.41, 5.74) is -3.27. The maximum Gasteiger partial charge on any atom is 0.534 e. The van der Waals surface area contributed by atoms with Crippen molar-refractivity contribution in [2.45, 2.75) is 43.7 Å². The molecule has 0 saturated heterocycles. The zero-order chi connectivity index (χ0) is 18.9. The predicted molar refractivity (Wildman–Crippen MR) is 87.1 cm³/mol. The summed E-state index contributed by atoms with van der Waals surface area (Å²) < 4.78 is 63.3. The van der Waals surface area contributed by atoms with Gasteiger partial charge < -0.3 is 9.50 Å². The summed E-state index contributed by atoms with van der Waals surface area (Å²) in [7, 11) is -5.70. The van der Waals surface area contributed by atoms with E-state index in [-0.39, 0.29) is 30.5 Å². The molecular weight excluding hydrogens is 371 g/mol. The van der Waals surface area contributed by atoms with Crippen LogP contribution in [-0.4, -0.2) is 19.8 Å². The minimum Gasteiger partial charge on any atom is -0.381 e. The molecule has 2 atom stereocenters. The molecule has 0 radical (unpaired) electrons. The first kappa shape index (κ1) is 18.8. The Hall–Kier alpha value is -2.03. The number of halogens is 3. The number of carbonyl (C=O) groups excluding carboxylic acids is 1. The summed E-state index contributed by atoms with van der Waals surface area (Å²) in [5, 5.41) is 2.92. The van der Waals surface area contributed by atoms with E-state index < -0.39 is 21.5 Å². The molecule has 0 heterocycles. The largest absolute Gasteiger partial charge is 0.534 e. The molecule has 26 heavy (non-hydrogen) atoms. The molecule has 1 unspecified atom stereocenters. The Morgan fingerprint density at radius 3 is 2.62 bits per heavy atom. The highest BCUT2D eigenvalue weighted by Crippen LogP contribution is 2.34. The van der Waals surface area contributed by atoms with Crippen molar-refractivity contribution in [1.29, 1.82) is 0 Å². The van der Waals surface area contributed by atoms with Crippen LogP contribution in [0.3, 0.4) is 0 Å². The number of aryl methyl sites for hydroxylation is 1. The van der Waals surface area contributed by atoms with E-state index in [9.17, 15) is 26.4 Å². The lowest BCUT2D eigenvalue weighted by Crippen LogP contribution is -2.34. The molecule has 9 heteroatoms. The maximum absolute atomic E-state index is 12.4. The van der Waals surface area contributed by atoms with Gasteiger partial charge in [0.1, 0.15) is 5.76 Å². The lowest BCUT2D eigenvalue weighted by molar-refractivity contribution is -0.124. The first-order chi connectivity index (χ1) is 12.2. The molecule has 0 aromatic heterocycles. The fourth-order valence-electron chi connectivity index (χ4n) is 3.34. The molecule has 1 aromatic carbocycles. The molecule has 1 N–H and O–H groups in total. The molecule has 0 saturated carbocycles. The molecular formula is C17H18F3NO4S. The van der Waals surface area contributed by atoms with Crippen molar-refractivity contribution in [2.24, 2.45) is 5.92 Å². The van der Waals surface area contributed by atoms with Gasteiger partial charge in [-0.05, 0) is 42.9 Å². The van der Waals surface area contributed by atoms with Gasteiger partial charge >= 0.3 is 15.6 Å². The minimum atomic E-state index is -5.70. The van der Waals surface area contributed by atoms with Crippen LogP contribution < -0.4 is 5.32 Å². The van der Waals surface area contributed by atoms with E-state index in [1.807, 2.05) is 24.3 Å². The van der Waals surface area contributed by atoms with E-state index >= 15 is 0 Å². The number of hydrogen-bond donors (Lipinski definition) is 1. The van der Waals surface area contributed by atoms with Crippen LogP contribution in [0.5, 0.6) is 0 Å². The van der Waals surface area contributed by atoms with Gasteiger partial charge in [0.2, 0.25) is 5.91 Å². The summed E-state index contributed by atoms with van der Waals surface area (Å²) in [4.78, 5) is 12.4. The van der Waals surface area contributed by atoms with Crippen LogP contribution >= 0.6 is 0 Å². The molecule has 2 aliphatic rings. The third kappa shape index (κ3) is 3.87. The van der Waals surface area contributed by atoms with Gasteiger partial charge in [0, 0.05) is 6.42 Å². The average Bonchev–Trinajstić information content (AvgIpc) is 3.02. The zero-order valence-corrected chi connectivity index (χ0v) is 14.6. The fraction of sp³-hybridized carbons (Fsp3) is 0.471. The number of benzene rings is 1. The Labute approximate surface area is 149 Å². The second-order valence-electron chi connectivity index (χ2n) is 6.41. The summed E-state index contributed by atoms with van der Waals surface area (Å²) in [5.74, 6) is -1.39. The summed E-state index contributed by atoms with van der Waals surface area (Å²) in [6, 6.07) is 7.65. The summed E-state index contributed by atoms with van der Waals surface area (Å²) >= 11 is 0. The number of amides is 1. The number of nitrogens with one attached hydrogen (secondary N) is 1. The molecule has 1 amide bonds. The van der Waals surface area contributed by atoms with E-state index in [1.165, 1.54) is 5.56 Å². The Bertz CT molecular complexity index is 833. The number of hydrogen-bond acceptors (Lipinski definition) is 4. The van der Waals surface area contributed by atoms with Crippen LogP contribution in [0, 0.1) is 5.92 Å². The van der Waals surface area contributed by atoms with Gasteiger partial charge in [-0.3, -0.25) is 4.79 Å². The second kappa shape index (κ2) is 6.94. The quantitative estimate of drug-likeness (QED) is 0.633. The van der Waals surface area contributed by atoms with Crippen molar-refractivity contribution in [3.05, 3.63) is 47.2 Å². The third-order valence-electron chi connectivity index (χ3n) is 4.61. The molecule has 0 bridgehead atoms. The normalized spacial score (nSPS) is 23.1. The molecule has 5 nitrogen and oxygen atoms in total. The van der Waals surface area contributed by atoms with E-state index in [0.717, 1.165) is 30.9 Å². The number of rotatable bonds is 4. The molecule has 0 aliphatic heterocycles. The molecule has 1 aromatic rings. The lowest BCUT2D eigenvalue weighted by Gasteiger charge is -2.27.